The number of benzene rings is 2. The average molecular weight is 414 g/mol. The van der Waals surface area contributed by atoms with Crippen molar-refractivity contribution in [1.82, 2.24) is 10.6 Å². The first-order chi connectivity index (χ1) is 14.2. The Hall–Kier alpha value is -3.22. The summed E-state index contributed by atoms with van der Waals surface area (Å²) in [7, 11) is 1.25. The maximum Gasteiger partial charge on any atom is 0.328 e. The smallest absolute Gasteiger partial charge is 0.328 e. The van der Waals surface area contributed by atoms with Gasteiger partial charge in [-0.3, -0.25) is 9.59 Å². The van der Waals surface area contributed by atoms with Gasteiger partial charge in [0.25, 0.3) is 0 Å². The van der Waals surface area contributed by atoms with E-state index >= 15 is 0 Å². The van der Waals surface area contributed by atoms with Gasteiger partial charge in [0.15, 0.2) is 0 Å². The van der Waals surface area contributed by atoms with Crippen molar-refractivity contribution in [3.8, 4) is 0 Å². The average Bonchev–Trinajstić information content (AvgIpc) is 2.68. The van der Waals surface area contributed by atoms with E-state index in [4.69, 9.17) is 4.74 Å². The summed E-state index contributed by atoms with van der Waals surface area (Å²) in [6, 6.07) is 9.71. The van der Waals surface area contributed by atoms with Crippen molar-refractivity contribution in [3.63, 3.8) is 0 Å². The molecule has 0 radical (unpaired) electrons. The van der Waals surface area contributed by atoms with Gasteiger partial charge in [-0.25, -0.2) is 9.18 Å². The Kier molecular flexibility index (Phi) is 8.09. The molecule has 30 heavy (non-hydrogen) atoms. The van der Waals surface area contributed by atoms with E-state index < -0.39 is 35.7 Å². The molecule has 2 N–H and O–H groups in total. The summed E-state index contributed by atoms with van der Waals surface area (Å²) in [5.41, 5.74) is 3.62. The second-order valence-electron chi connectivity index (χ2n) is 7.29. The molecule has 2 aromatic rings. The Balaban J connectivity index is 2.19. The zero-order chi connectivity index (χ0) is 22.3. The molecule has 0 fully saturated rings. The molecule has 0 aliphatic rings. The number of amides is 2. The summed E-state index contributed by atoms with van der Waals surface area (Å²) in [4.78, 5) is 36.8. The second kappa shape index (κ2) is 10.5. The predicted molar refractivity (Wildman–Crippen MR) is 111 cm³/mol. The first-order valence-corrected chi connectivity index (χ1v) is 9.65. The van der Waals surface area contributed by atoms with Crippen LogP contribution in [0, 0.1) is 19.7 Å². The highest BCUT2D eigenvalue weighted by atomic mass is 19.1. The highest BCUT2D eigenvalue weighted by Crippen LogP contribution is 2.13. The fourth-order valence-electron chi connectivity index (χ4n) is 3.13. The van der Waals surface area contributed by atoms with Gasteiger partial charge in [0.1, 0.15) is 17.9 Å². The van der Waals surface area contributed by atoms with Crippen LogP contribution in [-0.4, -0.2) is 37.0 Å². The van der Waals surface area contributed by atoms with Gasteiger partial charge in [0.05, 0.1) is 7.11 Å². The van der Waals surface area contributed by atoms with Gasteiger partial charge < -0.3 is 15.4 Å². The van der Waals surface area contributed by atoms with E-state index in [-0.39, 0.29) is 12.8 Å². The lowest BCUT2D eigenvalue weighted by Gasteiger charge is -2.22. The van der Waals surface area contributed by atoms with Crippen molar-refractivity contribution >= 4 is 17.8 Å². The number of hydrogen-bond acceptors (Lipinski definition) is 4. The summed E-state index contributed by atoms with van der Waals surface area (Å²) in [5.74, 6) is -1.98. The summed E-state index contributed by atoms with van der Waals surface area (Å²) in [5, 5.41) is 5.23. The number of ether oxygens (including phenoxy) is 1. The van der Waals surface area contributed by atoms with Gasteiger partial charge in [-0.1, -0.05) is 30.3 Å². The van der Waals surface area contributed by atoms with E-state index in [2.05, 4.69) is 10.6 Å². The molecule has 0 saturated heterocycles. The molecule has 160 valence electrons. The minimum absolute atomic E-state index is 0.0840. The van der Waals surface area contributed by atoms with E-state index in [9.17, 15) is 18.8 Å². The van der Waals surface area contributed by atoms with E-state index in [1.54, 1.807) is 6.07 Å². The van der Waals surface area contributed by atoms with E-state index in [1.807, 2.05) is 32.0 Å². The summed E-state index contributed by atoms with van der Waals surface area (Å²) in [6.07, 6.45) is 0.326. The van der Waals surface area contributed by atoms with Crippen LogP contribution < -0.4 is 10.6 Å². The van der Waals surface area contributed by atoms with Crippen LogP contribution in [0.2, 0.25) is 0 Å². The monoisotopic (exact) mass is 414 g/mol. The molecule has 6 nitrogen and oxygen atoms in total. The molecule has 0 heterocycles. The van der Waals surface area contributed by atoms with Gasteiger partial charge in [0.2, 0.25) is 11.8 Å². The highest BCUT2D eigenvalue weighted by Gasteiger charge is 2.27. The quantitative estimate of drug-likeness (QED) is 0.650. The van der Waals surface area contributed by atoms with Crippen molar-refractivity contribution in [1.29, 1.82) is 0 Å². The molecular formula is C23H27FN2O4. The minimum Gasteiger partial charge on any atom is -0.467 e. The molecular weight excluding hydrogens is 387 g/mol. The molecule has 0 aliphatic carbocycles. The zero-order valence-corrected chi connectivity index (χ0v) is 17.6. The number of rotatable bonds is 8. The summed E-state index contributed by atoms with van der Waals surface area (Å²) >= 11 is 0. The molecule has 2 amide bonds. The molecule has 7 heteroatoms. The normalized spacial score (nSPS) is 12.6. The Bertz CT molecular complexity index is 929. The number of hydrogen-bond donors (Lipinski definition) is 2. The Morgan fingerprint density at radius 1 is 0.933 bits per heavy atom. The molecule has 0 aliphatic heterocycles. The van der Waals surface area contributed by atoms with Crippen molar-refractivity contribution in [2.45, 2.75) is 45.7 Å². The third kappa shape index (κ3) is 6.69. The van der Waals surface area contributed by atoms with Crippen molar-refractivity contribution in [2.75, 3.05) is 7.11 Å². The van der Waals surface area contributed by atoms with Gasteiger partial charge in [0, 0.05) is 19.8 Å². The molecule has 0 aromatic heterocycles. The predicted octanol–water partition coefficient (Wildman–Crippen LogP) is 2.39. The molecule has 0 unspecified atom stereocenters. The third-order valence-electron chi connectivity index (χ3n) is 4.84. The van der Waals surface area contributed by atoms with Gasteiger partial charge >= 0.3 is 5.97 Å². The molecule has 2 rings (SSSR count). The Labute approximate surface area is 175 Å². The molecule has 0 bridgehead atoms. The lowest BCUT2D eigenvalue weighted by molar-refractivity contribution is -0.145. The second-order valence-corrected chi connectivity index (χ2v) is 7.29. The molecule has 0 saturated carbocycles. The lowest BCUT2D eigenvalue weighted by Crippen LogP contribution is -2.53. The Morgan fingerprint density at radius 3 is 2.20 bits per heavy atom. The highest BCUT2D eigenvalue weighted by molar-refractivity contribution is 5.90. The van der Waals surface area contributed by atoms with Crippen molar-refractivity contribution in [3.05, 3.63) is 70.5 Å². The number of nitrogens with one attached hydrogen (secondary N) is 2. The Morgan fingerprint density at radius 2 is 1.60 bits per heavy atom. The molecule has 2 atom stereocenters. The van der Waals surface area contributed by atoms with Crippen LogP contribution in [0.25, 0.3) is 0 Å². The number of aryl methyl sites for hydroxylation is 2. The van der Waals surface area contributed by atoms with Crippen LogP contribution in [0.1, 0.15) is 29.2 Å². The van der Waals surface area contributed by atoms with Gasteiger partial charge in [-0.05, 0) is 48.2 Å². The largest absolute Gasteiger partial charge is 0.467 e. The van der Waals surface area contributed by atoms with Crippen molar-refractivity contribution in [2.24, 2.45) is 0 Å². The zero-order valence-electron chi connectivity index (χ0n) is 17.6. The van der Waals surface area contributed by atoms with E-state index in [1.165, 1.54) is 32.2 Å². The number of esters is 1. The van der Waals surface area contributed by atoms with Crippen LogP contribution in [0.5, 0.6) is 0 Å². The molecule has 2 aromatic carbocycles. The summed E-state index contributed by atoms with van der Waals surface area (Å²) in [6.45, 7) is 5.25. The first kappa shape index (κ1) is 23.1. The van der Waals surface area contributed by atoms with Crippen LogP contribution in [-0.2, 0) is 32.0 Å². The van der Waals surface area contributed by atoms with Crippen molar-refractivity contribution < 1.29 is 23.5 Å². The summed E-state index contributed by atoms with van der Waals surface area (Å²) < 4.78 is 18.3. The third-order valence-corrected chi connectivity index (χ3v) is 4.84. The van der Waals surface area contributed by atoms with Crippen LogP contribution in [0.15, 0.2) is 42.5 Å². The lowest BCUT2D eigenvalue weighted by atomic mass is 10.00. The SMILES string of the molecule is COC(=O)[C@H](Cc1ccc(C)c(C)c1)NC(=O)[C@@H](Cc1cccc(F)c1)NC(C)=O. The molecule has 0 spiro atoms. The number of carbonyl (C=O) groups excluding carboxylic acids is 3. The number of carbonyl (C=O) groups is 3. The van der Waals surface area contributed by atoms with E-state index in [0.29, 0.717) is 5.56 Å². The first-order valence-electron chi connectivity index (χ1n) is 9.65. The maximum atomic E-state index is 13.5. The van der Waals surface area contributed by atoms with Crippen LogP contribution in [0.3, 0.4) is 0 Å². The number of methoxy groups -OCH3 is 1. The standard InChI is InChI=1S/C23H27FN2O4/c1-14-8-9-18(10-15(14)2)13-21(23(29)30-4)26-22(28)20(25-16(3)27)12-17-6-5-7-19(24)11-17/h5-11,20-21H,12-13H2,1-4H3,(H,25,27)(H,26,28)/t20-,21+/m1/s1. The fraction of sp³-hybridized carbons (Fsp3) is 0.348. The maximum absolute atomic E-state index is 13.5. The topological polar surface area (TPSA) is 84.5 Å². The van der Waals surface area contributed by atoms with Gasteiger partial charge in [-0.15, -0.1) is 0 Å². The van der Waals surface area contributed by atoms with E-state index in [0.717, 1.165) is 16.7 Å². The fourth-order valence-corrected chi connectivity index (χ4v) is 3.13. The van der Waals surface area contributed by atoms with Gasteiger partial charge in [-0.2, -0.15) is 0 Å². The minimum atomic E-state index is -0.962. The van der Waals surface area contributed by atoms with Crippen LogP contribution in [0.4, 0.5) is 4.39 Å². The van der Waals surface area contributed by atoms with Crippen LogP contribution >= 0.6 is 0 Å². The number of halogens is 1.